The van der Waals surface area contributed by atoms with Crippen LogP contribution in [-0.4, -0.2) is 34.6 Å². The van der Waals surface area contributed by atoms with E-state index in [1.807, 2.05) is 76.2 Å². The predicted molar refractivity (Wildman–Crippen MR) is 122 cm³/mol. The summed E-state index contributed by atoms with van der Waals surface area (Å²) in [5.41, 5.74) is 3.34. The molecule has 0 unspecified atom stereocenters. The number of hydrazone groups is 1. The van der Waals surface area contributed by atoms with Gasteiger partial charge in [0.05, 0.1) is 33.5 Å². The van der Waals surface area contributed by atoms with Crippen molar-refractivity contribution in [1.29, 1.82) is 0 Å². The lowest BCUT2D eigenvalue weighted by Crippen LogP contribution is -2.26. The Morgan fingerprint density at radius 3 is 2.30 bits per heavy atom. The average Bonchev–Trinajstić information content (AvgIpc) is 3.53. The van der Waals surface area contributed by atoms with E-state index in [0.29, 0.717) is 6.42 Å². The summed E-state index contributed by atoms with van der Waals surface area (Å²) in [6, 6.07) is 17.3. The van der Waals surface area contributed by atoms with Gasteiger partial charge in [-0.05, 0) is 35.0 Å². The van der Waals surface area contributed by atoms with E-state index >= 15 is 0 Å². The molecule has 4 heterocycles. The van der Waals surface area contributed by atoms with Crippen LogP contribution in [0, 0.1) is 0 Å². The van der Waals surface area contributed by atoms with E-state index in [1.54, 1.807) is 22.7 Å². The van der Waals surface area contributed by atoms with Crippen LogP contribution in [0.25, 0.3) is 16.3 Å². The molecule has 5 rings (SSSR count). The highest BCUT2D eigenvalue weighted by atomic mass is 32.2. The van der Waals surface area contributed by atoms with Gasteiger partial charge in [-0.15, -0.1) is 22.7 Å². The number of hydrogen-bond donors (Lipinski definition) is 0. The molecule has 6 nitrogen and oxygen atoms in total. The lowest BCUT2D eigenvalue weighted by atomic mass is 10.0. The van der Waals surface area contributed by atoms with Gasteiger partial charge in [0.2, 0.25) is 10.0 Å². The number of aromatic nitrogens is 2. The molecule has 0 spiro atoms. The fourth-order valence-electron chi connectivity index (χ4n) is 3.57. The fraction of sp³-hybridized carbons (Fsp3) is 0.143. The summed E-state index contributed by atoms with van der Waals surface area (Å²) in [6.07, 6.45) is 3.64. The van der Waals surface area contributed by atoms with Crippen LogP contribution in [0.2, 0.25) is 0 Å². The lowest BCUT2D eigenvalue weighted by Gasteiger charge is -2.20. The van der Waals surface area contributed by atoms with Gasteiger partial charge in [-0.25, -0.2) is 13.1 Å². The Morgan fingerprint density at radius 1 is 0.967 bits per heavy atom. The number of nitrogens with zero attached hydrogens (tertiary/aromatic N) is 4. The summed E-state index contributed by atoms with van der Waals surface area (Å²) in [7, 11) is -3.55. The van der Waals surface area contributed by atoms with Crippen molar-refractivity contribution in [2.24, 2.45) is 5.10 Å². The minimum atomic E-state index is -3.55. The van der Waals surface area contributed by atoms with Crippen molar-refractivity contribution in [2.75, 3.05) is 6.26 Å². The van der Waals surface area contributed by atoms with E-state index in [4.69, 9.17) is 5.10 Å². The van der Waals surface area contributed by atoms with Crippen molar-refractivity contribution in [1.82, 2.24) is 14.2 Å². The fourth-order valence-corrected chi connectivity index (χ4v) is 5.92. The van der Waals surface area contributed by atoms with E-state index in [9.17, 15) is 8.42 Å². The highest BCUT2D eigenvalue weighted by molar-refractivity contribution is 7.88. The maximum Gasteiger partial charge on any atom is 0.247 e. The SMILES string of the molecule is CS(=O)(=O)N1N=C(c2cccs2)C[C@@H]1c1cn(-c2ccccc2)nc1-c1cccs1. The summed E-state index contributed by atoms with van der Waals surface area (Å²) < 4.78 is 28.3. The molecule has 0 saturated heterocycles. The number of thiophene rings is 2. The van der Waals surface area contributed by atoms with Crippen molar-refractivity contribution in [3.05, 3.63) is 82.0 Å². The standard InChI is InChI=1S/C21H18N4O2S3/c1-30(26,27)25-18(13-17(22-25)19-9-5-11-28-19)16-14-24(15-7-3-2-4-8-15)23-21(16)20-10-6-12-29-20/h2-12,14,18H,13H2,1H3/t18-/m1/s1. The minimum Gasteiger partial charge on any atom is -0.240 e. The molecule has 0 bridgehead atoms. The predicted octanol–water partition coefficient (Wildman–Crippen LogP) is 4.77. The van der Waals surface area contributed by atoms with Crippen LogP contribution in [0.3, 0.4) is 0 Å². The first-order valence-electron chi connectivity index (χ1n) is 9.30. The average molecular weight is 455 g/mol. The molecule has 0 radical (unpaired) electrons. The van der Waals surface area contributed by atoms with Gasteiger partial charge in [-0.1, -0.05) is 30.3 Å². The first-order chi connectivity index (χ1) is 14.5. The van der Waals surface area contributed by atoms with E-state index < -0.39 is 16.1 Å². The van der Waals surface area contributed by atoms with Crippen LogP contribution < -0.4 is 0 Å². The molecule has 0 saturated carbocycles. The molecular formula is C21H18N4O2S3. The Kier molecular flexibility index (Phi) is 4.80. The maximum absolute atomic E-state index is 12.6. The smallest absolute Gasteiger partial charge is 0.240 e. The van der Waals surface area contributed by atoms with E-state index in [-0.39, 0.29) is 0 Å². The van der Waals surface area contributed by atoms with Gasteiger partial charge in [0.15, 0.2) is 0 Å². The highest BCUT2D eigenvalue weighted by Crippen LogP contribution is 2.40. The Labute approximate surface area is 182 Å². The van der Waals surface area contributed by atoms with Crippen LogP contribution in [0.5, 0.6) is 0 Å². The van der Waals surface area contributed by atoms with E-state index in [0.717, 1.165) is 32.4 Å². The lowest BCUT2D eigenvalue weighted by molar-refractivity contribution is 0.375. The minimum absolute atomic E-state index is 0.438. The second kappa shape index (κ2) is 7.50. The number of sulfonamides is 1. The molecule has 4 aromatic rings. The Balaban J connectivity index is 1.64. The Hall–Kier alpha value is -2.75. The van der Waals surface area contributed by atoms with Crippen molar-refractivity contribution >= 4 is 38.4 Å². The quantitative estimate of drug-likeness (QED) is 0.436. The van der Waals surface area contributed by atoms with Gasteiger partial charge in [-0.2, -0.15) is 14.6 Å². The van der Waals surface area contributed by atoms with Gasteiger partial charge < -0.3 is 0 Å². The van der Waals surface area contributed by atoms with Gasteiger partial charge in [0.25, 0.3) is 0 Å². The van der Waals surface area contributed by atoms with Gasteiger partial charge in [0.1, 0.15) is 5.69 Å². The summed E-state index contributed by atoms with van der Waals surface area (Å²) in [5.74, 6) is 0. The molecule has 1 aliphatic rings. The zero-order chi connectivity index (χ0) is 20.7. The second-order valence-corrected chi connectivity index (χ2v) is 10.7. The maximum atomic E-state index is 12.6. The van der Waals surface area contributed by atoms with Crippen molar-refractivity contribution in [3.8, 4) is 16.3 Å². The van der Waals surface area contributed by atoms with Crippen molar-refractivity contribution < 1.29 is 8.42 Å². The van der Waals surface area contributed by atoms with Crippen LogP contribution in [0.15, 0.2) is 76.7 Å². The summed E-state index contributed by atoms with van der Waals surface area (Å²) in [6.45, 7) is 0. The van der Waals surface area contributed by atoms with Gasteiger partial charge >= 0.3 is 0 Å². The molecule has 1 aromatic carbocycles. The summed E-state index contributed by atoms with van der Waals surface area (Å²) in [5, 5.41) is 13.3. The highest BCUT2D eigenvalue weighted by Gasteiger charge is 2.37. The Bertz CT molecular complexity index is 1290. The van der Waals surface area contributed by atoms with Crippen LogP contribution in [-0.2, 0) is 10.0 Å². The van der Waals surface area contributed by atoms with Gasteiger partial charge in [-0.3, -0.25) is 0 Å². The zero-order valence-corrected chi connectivity index (χ0v) is 18.5. The molecule has 152 valence electrons. The van der Waals surface area contributed by atoms with Crippen LogP contribution >= 0.6 is 22.7 Å². The third-order valence-corrected chi connectivity index (χ3v) is 7.71. The molecule has 1 atom stereocenters. The molecule has 1 aliphatic heterocycles. The molecule has 0 N–H and O–H groups in total. The first kappa shape index (κ1) is 19.2. The van der Waals surface area contributed by atoms with Crippen molar-refractivity contribution in [2.45, 2.75) is 12.5 Å². The molecule has 3 aromatic heterocycles. The topological polar surface area (TPSA) is 67.6 Å². The van der Waals surface area contributed by atoms with Gasteiger partial charge in [0, 0.05) is 18.2 Å². The van der Waals surface area contributed by atoms with Crippen molar-refractivity contribution in [3.63, 3.8) is 0 Å². The Morgan fingerprint density at radius 2 is 1.67 bits per heavy atom. The molecule has 30 heavy (non-hydrogen) atoms. The summed E-state index contributed by atoms with van der Waals surface area (Å²) in [4.78, 5) is 1.98. The molecule has 0 fully saturated rings. The number of para-hydroxylation sites is 1. The molecule has 9 heteroatoms. The number of benzene rings is 1. The first-order valence-corrected chi connectivity index (χ1v) is 12.9. The molecular weight excluding hydrogens is 436 g/mol. The van der Waals surface area contributed by atoms with E-state index in [2.05, 4.69) is 5.10 Å². The van der Waals surface area contributed by atoms with E-state index in [1.165, 1.54) is 10.7 Å². The second-order valence-electron chi connectivity index (χ2n) is 6.97. The molecule has 0 aliphatic carbocycles. The largest absolute Gasteiger partial charge is 0.247 e. The third-order valence-electron chi connectivity index (χ3n) is 4.89. The van der Waals surface area contributed by atoms with Crippen LogP contribution in [0.4, 0.5) is 0 Å². The molecule has 0 amide bonds. The zero-order valence-electron chi connectivity index (χ0n) is 16.0. The van der Waals surface area contributed by atoms with Crippen LogP contribution in [0.1, 0.15) is 22.9 Å². The monoisotopic (exact) mass is 454 g/mol. The normalized spacial score (nSPS) is 16.8. The number of hydrogen-bond acceptors (Lipinski definition) is 6. The number of rotatable bonds is 5. The third kappa shape index (κ3) is 3.49. The summed E-state index contributed by atoms with van der Waals surface area (Å²) >= 11 is 3.15.